The zero-order chi connectivity index (χ0) is 15.4. The summed E-state index contributed by atoms with van der Waals surface area (Å²) in [5, 5.41) is 3.07. The summed E-state index contributed by atoms with van der Waals surface area (Å²) in [4.78, 5) is 23.1. The van der Waals surface area contributed by atoms with Gasteiger partial charge in [0.25, 0.3) is 5.91 Å². The van der Waals surface area contributed by atoms with Gasteiger partial charge in [0.1, 0.15) is 5.82 Å². The molecule has 2 aromatic heterocycles. The van der Waals surface area contributed by atoms with Gasteiger partial charge in [-0.3, -0.25) is 9.78 Å². The molecule has 0 radical (unpaired) electrons. The van der Waals surface area contributed by atoms with Gasteiger partial charge in [-0.1, -0.05) is 6.07 Å². The zero-order valence-corrected chi connectivity index (χ0v) is 12.7. The first-order valence-corrected chi connectivity index (χ1v) is 7.62. The van der Waals surface area contributed by atoms with Crippen LogP contribution in [-0.2, 0) is 0 Å². The molecule has 1 fully saturated rings. The molecule has 1 aliphatic heterocycles. The Morgan fingerprint density at radius 3 is 2.86 bits per heavy atom. The van der Waals surface area contributed by atoms with Crippen LogP contribution in [0.15, 0.2) is 42.7 Å². The Morgan fingerprint density at radius 1 is 1.27 bits per heavy atom. The third kappa shape index (κ3) is 3.08. The van der Waals surface area contributed by atoms with Gasteiger partial charge in [-0.05, 0) is 37.1 Å². The molecule has 3 rings (SSSR count). The van der Waals surface area contributed by atoms with E-state index in [0.717, 1.165) is 37.4 Å². The number of piperidine rings is 1. The van der Waals surface area contributed by atoms with Crippen molar-refractivity contribution in [2.24, 2.45) is 0 Å². The lowest BCUT2D eigenvalue weighted by Crippen LogP contribution is -2.39. The molecule has 0 spiro atoms. The number of rotatable bonds is 3. The minimum Gasteiger partial charge on any atom is -0.373 e. The van der Waals surface area contributed by atoms with Crippen molar-refractivity contribution in [3.63, 3.8) is 0 Å². The lowest BCUT2D eigenvalue weighted by atomic mass is 9.94. The highest BCUT2D eigenvalue weighted by molar-refractivity contribution is 5.94. The first-order chi connectivity index (χ1) is 10.8. The van der Waals surface area contributed by atoms with Crippen LogP contribution in [0.4, 0.5) is 5.82 Å². The molecule has 114 valence electrons. The number of amides is 1. The summed E-state index contributed by atoms with van der Waals surface area (Å²) >= 11 is 0. The minimum atomic E-state index is 0.0804. The second-order valence-corrected chi connectivity index (χ2v) is 5.52. The third-order valence-corrected chi connectivity index (χ3v) is 4.08. The summed E-state index contributed by atoms with van der Waals surface area (Å²) in [6.45, 7) is 1.53. The highest BCUT2D eigenvalue weighted by atomic mass is 16.2. The van der Waals surface area contributed by atoms with Crippen molar-refractivity contribution in [3.8, 4) is 0 Å². The Kier molecular flexibility index (Phi) is 4.32. The SMILES string of the molecule is CNc1cccc(C2CCCN(C(=O)c3ccncc3)C2)n1. The highest BCUT2D eigenvalue weighted by Gasteiger charge is 2.26. The molecule has 0 aliphatic carbocycles. The number of likely N-dealkylation sites (tertiary alicyclic amines) is 1. The summed E-state index contributed by atoms with van der Waals surface area (Å²) in [5.41, 5.74) is 1.76. The highest BCUT2D eigenvalue weighted by Crippen LogP contribution is 2.27. The number of carbonyl (C=O) groups is 1. The van der Waals surface area contributed by atoms with Crippen LogP contribution in [0.1, 0.15) is 34.8 Å². The monoisotopic (exact) mass is 296 g/mol. The van der Waals surface area contributed by atoms with Crippen LogP contribution < -0.4 is 5.32 Å². The molecule has 0 saturated carbocycles. The molecule has 1 unspecified atom stereocenters. The lowest BCUT2D eigenvalue weighted by Gasteiger charge is -2.32. The van der Waals surface area contributed by atoms with Crippen molar-refractivity contribution < 1.29 is 4.79 Å². The number of nitrogens with zero attached hydrogens (tertiary/aromatic N) is 3. The Labute approximate surface area is 130 Å². The number of carbonyl (C=O) groups excluding carboxylic acids is 1. The number of hydrogen-bond acceptors (Lipinski definition) is 4. The van der Waals surface area contributed by atoms with Gasteiger partial charge in [0.2, 0.25) is 0 Å². The summed E-state index contributed by atoms with van der Waals surface area (Å²) in [6, 6.07) is 9.55. The fourth-order valence-corrected chi connectivity index (χ4v) is 2.90. The van der Waals surface area contributed by atoms with Crippen LogP contribution in [0.2, 0.25) is 0 Å². The fourth-order valence-electron chi connectivity index (χ4n) is 2.90. The number of anilines is 1. The van der Waals surface area contributed by atoms with E-state index in [-0.39, 0.29) is 5.91 Å². The van der Waals surface area contributed by atoms with Crippen molar-refractivity contribution >= 4 is 11.7 Å². The van der Waals surface area contributed by atoms with E-state index in [4.69, 9.17) is 0 Å². The van der Waals surface area contributed by atoms with Gasteiger partial charge in [0, 0.05) is 49.7 Å². The fraction of sp³-hybridized carbons (Fsp3) is 0.353. The Hall–Kier alpha value is -2.43. The molecule has 1 amide bonds. The molecular weight excluding hydrogens is 276 g/mol. The van der Waals surface area contributed by atoms with Gasteiger partial charge < -0.3 is 10.2 Å². The first-order valence-electron chi connectivity index (χ1n) is 7.62. The van der Waals surface area contributed by atoms with E-state index in [1.54, 1.807) is 24.5 Å². The average molecular weight is 296 g/mol. The van der Waals surface area contributed by atoms with E-state index in [1.807, 2.05) is 30.1 Å². The van der Waals surface area contributed by atoms with Crippen LogP contribution in [0, 0.1) is 0 Å². The van der Waals surface area contributed by atoms with Crippen molar-refractivity contribution in [2.45, 2.75) is 18.8 Å². The Balaban J connectivity index is 1.75. The molecule has 5 heteroatoms. The average Bonchev–Trinajstić information content (AvgIpc) is 2.62. The maximum absolute atomic E-state index is 12.6. The number of nitrogens with one attached hydrogen (secondary N) is 1. The second kappa shape index (κ2) is 6.56. The standard InChI is InChI=1S/C17H20N4O/c1-18-16-6-2-5-15(20-16)14-4-3-11-21(12-14)17(22)13-7-9-19-10-8-13/h2,5-10,14H,3-4,11-12H2,1H3,(H,18,20). The van der Waals surface area contributed by atoms with E-state index < -0.39 is 0 Å². The number of hydrogen-bond donors (Lipinski definition) is 1. The van der Waals surface area contributed by atoms with E-state index in [1.165, 1.54) is 0 Å². The van der Waals surface area contributed by atoms with E-state index in [0.29, 0.717) is 11.5 Å². The third-order valence-electron chi connectivity index (χ3n) is 4.08. The van der Waals surface area contributed by atoms with Gasteiger partial charge >= 0.3 is 0 Å². The molecule has 1 N–H and O–H groups in total. The molecular formula is C17H20N4O. The van der Waals surface area contributed by atoms with Gasteiger partial charge in [0.05, 0.1) is 0 Å². The van der Waals surface area contributed by atoms with Gasteiger partial charge in [-0.2, -0.15) is 0 Å². The maximum atomic E-state index is 12.6. The van der Waals surface area contributed by atoms with Crippen LogP contribution >= 0.6 is 0 Å². The molecule has 5 nitrogen and oxygen atoms in total. The summed E-state index contributed by atoms with van der Waals surface area (Å²) in [6.07, 6.45) is 5.40. The first kappa shape index (κ1) is 14.5. The van der Waals surface area contributed by atoms with E-state index >= 15 is 0 Å². The van der Waals surface area contributed by atoms with Crippen LogP contribution in [0.5, 0.6) is 0 Å². The second-order valence-electron chi connectivity index (χ2n) is 5.52. The summed E-state index contributed by atoms with van der Waals surface area (Å²) in [5.74, 6) is 1.25. The maximum Gasteiger partial charge on any atom is 0.253 e. The summed E-state index contributed by atoms with van der Waals surface area (Å²) < 4.78 is 0. The summed E-state index contributed by atoms with van der Waals surface area (Å²) in [7, 11) is 1.87. The van der Waals surface area contributed by atoms with E-state index in [9.17, 15) is 4.79 Å². The van der Waals surface area contributed by atoms with Crippen LogP contribution in [0.3, 0.4) is 0 Å². The van der Waals surface area contributed by atoms with Crippen LogP contribution in [0.25, 0.3) is 0 Å². The normalized spacial score (nSPS) is 18.0. The van der Waals surface area contributed by atoms with Crippen molar-refractivity contribution in [3.05, 3.63) is 54.0 Å². The topological polar surface area (TPSA) is 58.1 Å². The zero-order valence-electron chi connectivity index (χ0n) is 12.7. The van der Waals surface area contributed by atoms with Crippen LogP contribution in [-0.4, -0.2) is 40.9 Å². The number of pyridine rings is 2. The molecule has 3 heterocycles. The quantitative estimate of drug-likeness (QED) is 0.945. The molecule has 2 aromatic rings. The largest absolute Gasteiger partial charge is 0.373 e. The smallest absolute Gasteiger partial charge is 0.253 e. The van der Waals surface area contributed by atoms with Crippen molar-refractivity contribution in [1.82, 2.24) is 14.9 Å². The minimum absolute atomic E-state index is 0.0804. The molecule has 22 heavy (non-hydrogen) atoms. The van der Waals surface area contributed by atoms with E-state index in [2.05, 4.69) is 15.3 Å². The van der Waals surface area contributed by atoms with Crippen molar-refractivity contribution in [2.75, 3.05) is 25.5 Å². The van der Waals surface area contributed by atoms with Gasteiger partial charge in [-0.25, -0.2) is 4.98 Å². The van der Waals surface area contributed by atoms with Crippen molar-refractivity contribution in [1.29, 1.82) is 0 Å². The number of aromatic nitrogens is 2. The van der Waals surface area contributed by atoms with Gasteiger partial charge in [0.15, 0.2) is 0 Å². The molecule has 1 atom stereocenters. The molecule has 0 bridgehead atoms. The Bertz CT molecular complexity index is 644. The predicted molar refractivity (Wildman–Crippen MR) is 85.9 cm³/mol. The molecule has 0 aromatic carbocycles. The molecule has 1 saturated heterocycles. The lowest BCUT2D eigenvalue weighted by molar-refractivity contribution is 0.0706. The molecule has 1 aliphatic rings. The predicted octanol–water partition coefficient (Wildman–Crippen LogP) is 2.54. The Morgan fingerprint density at radius 2 is 2.09 bits per heavy atom. The van der Waals surface area contributed by atoms with Gasteiger partial charge in [-0.15, -0.1) is 0 Å².